The van der Waals surface area contributed by atoms with Crippen LogP contribution in [0.4, 0.5) is 4.39 Å². The summed E-state index contributed by atoms with van der Waals surface area (Å²) in [5, 5.41) is 2.90. The highest BCUT2D eigenvalue weighted by atomic mass is 19.1. The molecule has 1 N–H and O–H groups in total. The lowest BCUT2D eigenvalue weighted by Gasteiger charge is -2.34. The van der Waals surface area contributed by atoms with Crippen molar-refractivity contribution < 1.29 is 18.7 Å². The predicted octanol–water partition coefficient (Wildman–Crippen LogP) is 4.48. The number of methoxy groups -OCH3 is 1. The third-order valence-corrected chi connectivity index (χ3v) is 5.17. The first kappa shape index (κ1) is 20.6. The van der Waals surface area contributed by atoms with Gasteiger partial charge in [-0.2, -0.15) is 0 Å². The Balaban J connectivity index is 2.40. The summed E-state index contributed by atoms with van der Waals surface area (Å²) in [6.45, 7) is 8.84. The van der Waals surface area contributed by atoms with Gasteiger partial charge in [0.1, 0.15) is 17.1 Å². The molecule has 1 unspecified atom stereocenters. The molecule has 0 spiro atoms. The minimum absolute atomic E-state index is 0.176. The molecule has 0 aromatic heterocycles. The number of ether oxygens (including phenoxy) is 1. The molecule has 5 heteroatoms. The summed E-state index contributed by atoms with van der Waals surface area (Å²) in [7, 11) is 1.54. The van der Waals surface area contributed by atoms with Gasteiger partial charge in [-0.15, -0.1) is 0 Å². The van der Waals surface area contributed by atoms with E-state index in [9.17, 15) is 14.0 Å². The largest absolute Gasteiger partial charge is 0.496 e. The van der Waals surface area contributed by atoms with Gasteiger partial charge in [-0.05, 0) is 62.6 Å². The average Bonchev–Trinajstić information content (AvgIpc) is 2.63. The van der Waals surface area contributed by atoms with Gasteiger partial charge in [0.15, 0.2) is 5.78 Å². The predicted molar refractivity (Wildman–Crippen MR) is 104 cm³/mol. The molecule has 2 rings (SSSR count). The van der Waals surface area contributed by atoms with Gasteiger partial charge in [-0.3, -0.25) is 9.59 Å². The molecule has 0 saturated carbocycles. The topological polar surface area (TPSA) is 55.4 Å². The summed E-state index contributed by atoms with van der Waals surface area (Å²) in [6, 6.07) is 9.45. The molecule has 144 valence electrons. The molecular formula is C22H26FNO3. The lowest BCUT2D eigenvalue weighted by molar-refractivity contribution is 0.0729. The highest BCUT2D eigenvalue weighted by Crippen LogP contribution is 2.26. The number of rotatable bonds is 6. The number of halogens is 1. The van der Waals surface area contributed by atoms with E-state index >= 15 is 0 Å². The normalized spacial score (nSPS) is 13.2. The summed E-state index contributed by atoms with van der Waals surface area (Å²) >= 11 is 0. The number of benzene rings is 2. The van der Waals surface area contributed by atoms with Crippen LogP contribution in [0.25, 0.3) is 0 Å². The van der Waals surface area contributed by atoms with Crippen LogP contribution in [0.15, 0.2) is 36.4 Å². The van der Waals surface area contributed by atoms with Gasteiger partial charge in [-0.25, -0.2) is 4.39 Å². The van der Waals surface area contributed by atoms with E-state index in [0.717, 1.165) is 0 Å². The molecule has 1 amide bonds. The molecule has 0 aliphatic rings. The maximum absolute atomic E-state index is 13.6. The van der Waals surface area contributed by atoms with Gasteiger partial charge in [-0.1, -0.05) is 19.9 Å². The fourth-order valence-corrected chi connectivity index (χ4v) is 2.93. The first-order valence-electron chi connectivity index (χ1n) is 8.89. The molecule has 0 fully saturated rings. The molecule has 0 radical (unpaired) electrons. The molecule has 4 nitrogen and oxygen atoms in total. The second kappa shape index (κ2) is 7.91. The number of ketones is 1. The Hall–Kier alpha value is -2.69. The average molecular weight is 371 g/mol. The van der Waals surface area contributed by atoms with E-state index in [1.165, 1.54) is 18.2 Å². The zero-order chi connectivity index (χ0) is 20.4. The number of carbonyl (C=O) groups excluding carboxylic acids is 2. The molecule has 0 bridgehead atoms. The summed E-state index contributed by atoms with van der Waals surface area (Å²) < 4.78 is 18.8. The van der Waals surface area contributed by atoms with E-state index in [0.29, 0.717) is 28.0 Å². The number of hydrogen-bond donors (Lipinski definition) is 1. The van der Waals surface area contributed by atoms with E-state index in [1.54, 1.807) is 46.1 Å². The lowest BCUT2D eigenvalue weighted by Crippen LogP contribution is -2.56. The summed E-state index contributed by atoms with van der Waals surface area (Å²) in [6.07, 6.45) is 0. The van der Waals surface area contributed by atoms with Crippen LogP contribution in [0.3, 0.4) is 0 Å². The number of Topliss-reactive ketones (excluding diaryl/α,β-unsaturated/α-hetero) is 1. The van der Waals surface area contributed by atoms with Crippen LogP contribution in [0.1, 0.15) is 52.6 Å². The molecule has 2 aromatic rings. The quantitative estimate of drug-likeness (QED) is 0.762. The zero-order valence-electron chi connectivity index (χ0n) is 16.6. The van der Waals surface area contributed by atoms with E-state index in [4.69, 9.17) is 4.74 Å². The Morgan fingerprint density at radius 1 is 1.15 bits per heavy atom. The van der Waals surface area contributed by atoms with Crippen molar-refractivity contribution in [1.82, 2.24) is 5.32 Å². The fraction of sp³-hybridized carbons (Fsp3) is 0.364. The molecule has 2 aromatic carbocycles. The second-order valence-corrected chi connectivity index (χ2v) is 7.24. The Morgan fingerprint density at radius 2 is 1.81 bits per heavy atom. The van der Waals surface area contributed by atoms with Crippen molar-refractivity contribution in [3.8, 4) is 5.75 Å². The molecule has 1 atom stereocenters. The highest BCUT2D eigenvalue weighted by molar-refractivity contribution is 6.07. The van der Waals surface area contributed by atoms with Crippen molar-refractivity contribution >= 4 is 11.7 Å². The lowest BCUT2D eigenvalue weighted by atomic mass is 9.80. The number of nitrogens with one attached hydrogen (secondary N) is 1. The third kappa shape index (κ3) is 4.02. The second-order valence-electron chi connectivity index (χ2n) is 7.24. The molecule has 27 heavy (non-hydrogen) atoms. The first-order chi connectivity index (χ1) is 12.6. The van der Waals surface area contributed by atoms with Crippen molar-refractivity contribution in [2.45, 2.75) is 40.2 Å². The third-order valence-electron chi connectivity index (χ3n) is 5.17. The Labute approximate surface area is 159 Å². The number of hydrogen-bond acceptors (Lipinski definition) is 3. The van der Waals surface area contributed by atoms with Gasteiger partial charge < -0.3 is 10.1 Å². The van der Waals surface area contributed by atoms with Gasteiger partial charge in [0.05, 0.1) is 7.11 Å². The van der Waals surface area contributed by atoms with Crippen LogP contribution < -0.4 is 10.1 Å². The zero-order valence-corrected chi connectivity index (χ0v) is 16.6. The smallest absolute Gasteiger partial charge is 0.252 e. The number of amides is 1. The van der Waals surface area contributed by atoms with Crippen molar-refractivity contribution in [2.24, 2.45) is 5.92 Å². The molecule has 0 aliphatic carbocycles. The minimum atomic E-state index is -1.14. The van der Waals surface area contributed by atoms with Gasteiger partial charge >= 0.3 is 0 Å². The van der Waals surface area contributed by atoms with E-state index < -0.39 is 5.54 Å². The molecule has 0 aliphatic heterocycles. The maximum Gasteiger partial charge on any atom is 0.252 e. The summed E-state index contributed by atoms with van der Waals surface area (Å²) in [5.41, 5.74) is 0.768. The molecule has 0 heterocycles. The Kier molecular flexibility index (Phi) is 6.04. The first-order valence-corrected chi connectivity index (χ1v) is 8.89. The molecule has 0 saturated heterocycles. The Bertz CT molecular complexity index is 876. The van der Waals surface area contributed by atoms with E-state index in [-0.39, 0.29) is 23.4 Å². The van der Waals surface area contributed by atoms with Crippen LogP contribution in [-0.4, -0.2) is 24.3 Å². The molecular weight excluding hydrogens is 345 g/mol. The van der Waals surface area contributed by atoms with Crippen molar-refractivity contribution in [3.63, 3.8) is 0 Å². The van der Waals surface area contributed by atoms with Gasteiger partial charge in [0.2, 0.25) is 0 Å². The number of carbonyl (C=O) groups is 2. The van der Waals surface area contributed by atoms with Crippen molar-refractivity contribution in [1.29, 1.82) is 0 Å². The van der Waals surface area contributed by atoms with E-state index in [2.05, 4.69) is 5.32 Å². The van der Waals surface area contributed by atoms with Crippen molar-refractivity contribution in [2.75, 3.05) is 7.11 Å². The maximum atomic E-state index is 13.6. The van der Waals surface area contributed by atoms with Crippen molar-refractivity contribution in [3.05, 3.63) is 64.5 Å². The van der Waals surface area contributed by atoms with Crippen LogP contribution in [0.2, 0.25) is 0 Å². The van der Waals surface area contributed by atoms with E-state index in [1.807, 2.05) is 13.8 Å². The van der Waals surface area contributed by atoms with Gasteiger partial charge in [0.25, 0.3) is 5.91 Å². The van der Waals surface area contributed by atoms with Crippen LogP contribution in [-0.2, 0) is 0 Å². The monoisotopic (exact) mass is 371 g/mol. The standard InChI is InChI=1S/C22H26FNO3/c1-13(2)22(5,20(25)16-10-11-18(23)14(3)12-16)24-21(26)17-8-7-9-19(27-6)15(17)4/h7-13H,1-6H3,(H,24,26). The highest BCUT2D eigenvalue weighted by Gasteiger charge is 2.39. The Morgan fingerprint density at radius 3 is 2.37 bits per heavy atom. The number of aryl methyl sites for hydroxylation is 1. The fourth-order valence-electron chi connectivity index (χ4n) is 2.93. The van der Waals surface area contributed by atoms with Gasteiger partial charge in [0, 0.05) is 16.7 Å². The summed E-state index contributed by atoms with van der Waals surface area (Å²) in [4.78, 5) is 26.1. The SMILES string of the molecule is COc1cccc(C(=O)NC(C)(C(=O)c2ccc(F)c(C)c2)C(C)C)c1C. The van der Waals surface area contributed by atoms with Crippen LogP contribution >= 0.6 is 0 Å². The van der Waals surface area contributed by atoms with Crippen LogP contribution in [0.5, 0.6) is 5.75 Å². The minimum Gasteiger partial charge on any atom is -0.496 e. The van der Waals surface area contributed by atoms with Crippen LogP contribution in [0, 0.1) is 25.6 Å². The summed E-state index contributed by atoms with van der Waals surface area (Å²) in [5.74, 6) is -0.544.